The van der Waals surface area contributed by atoms with E-state index in [1.807, 2.05) is 19.1 Å². The van der Waals surface area contributed by atoms with Crippen molar-refractivity contribution in [2.45, 2.75) is 23.5 Å². The summed E-state index contributed by atoms with van der Waals surface area (Å²) in [5, 5.41) is 9.13. The average Bonchev–Trinajstić information content (AvgIpc) is 2.16. The van der Waals surface area contributed by atoms with Crippen molar-refractivity contribution in [2.75, 3.05) is 0 Å². The first-order valence-corrected chi connectivity index (χ1v) is 5.54. The zero-order valence-corrected chi connectivity index (χ0v) is 9.31. The molecule has 76 valence electrons. The summed E-state index contributed by atoms with van der Waals surface area (Å²) in [5.74, 6) is -0.771. The minimum atomic E-state index is -0.771. The SMILES string of the molecule is CC[C@H](Sc1ccc(Cl)cc1)C(=O)O. The summed E-state index contributed by atoms with van der Waals surface area (Å²) in [5.41, 5.74) is 0. The Morgan fingerprint density at radius 3 is 2.50 bits per heavy atom. The molecule has 14 heavy (non-hydrogen) atoms. The summed E-state index contributed by atoms with van der Waals surface area (Å²) < 4.78 is 0. The van der Waals surface area contributed by atoms with Crippen molar-refractivity contribution in [1.29, 1.82) is 0 Å². The van der Waals surface area contributed by atoms with Gasteiger partial charge < -0.3 is 5.11 Å². The molecule has 0 fully saturated rings. The lowest BCUT2D eigenvalue weighted by Crippen LogP contribution is -2.14. The van der Waals surface area contributed by atoms with Gasteiger partial charge in [-0.25, -0.2) is 0 Å². The van der Waals surface area contributed by atoms with Crippen molar-refractivity contribution in [3.05, 3.63) is 29.3 Å². The highest BCUT2D eigenvalue weighted by Crippen LogP contribution is 2.26. The molecule has 1 rings (SSSR count). The van der Waals surface area contributed by atoms with Crippen LogP contribution in [0.2, 0.25) is 5.02 Å². The standard InChI is InChI=1S/C10H11ClO2S/c1-2-9(10(12)13)14-8-5-3-7(11)4-6-8/h3-6,9H,2H2,1H3,(H,12,13)/t9-/m0/s1. The first kappa shape index (κ1) is 11.4. The van der Waals surface area contributed by atoms with E-state index in [2.05, 4.69) is 0 Å². The maximum absolute atomic E-state index is 10.8. The molecular formula is C10H11ClO2S. The topological polar surface area (TPSA) is 37.3 Å². The van der Waals surface area contributed by atoms with E-state index in [0.717, 1.165) is 4.90 Å². The van der Waals surface area contributed by atoms with E-state index in [1.165, 1.54) is 11.8 Å². The van der Waals surface area contributed by atoms with Gasteiger partial charge in [-0.2, -0.15) is 0 Å². The van der Waals surface area contributed by atoms with E-state index < -0.39 is 5.97 Å². The molecule has 1 N–H and O–H groups in total. The van der Waals surface area contributed by atoms with Gasteiger partial charge in [-0.05, 0) is 30.7 Å². The molecule has 1 atom stereocenters. The number of aliphatic carboxylic acids is 1. The molecule has 0 saturated heterocycles. The highest BCUT2D eigenvalue weighted by molar-refractivity contribution is 8.00. The van der Waals surface area contributed by atoms with Crippen LogP contribution in [0.15, 0.2) is 29.2 Å². The van der Waals surface area contributed by atoms with E-state index in [0.29, 0.717) is 11.4 Å². The van der Waals surface area contributed by atoms with Gasteiger partial charge in [-0.15, -0.1) is 11.8 Å². The minimum Gasteiger partial charge on any atom is -0.480 e. The van der Waals surface area contributed by atoms with Crippen LogP contribution in [0.3, 0.4) is 0 Å². The molecular weight excluding hydrogens is 220 g/mol. The molecule has 0 heterocycles. The van der Waals surface area contributed by atoms with Crippen LogP contribution in [-0.2, 0) is 4.79 Å². The Morgan fingerprint density at radius 1 is 1.50 bits per heavy atom. The van der Waals surface area contributed by atoms with Crippen LogP contribution in [-0.4, -0.2) is 16.3 Å². The van der Waals surface area contributed by atoms with Crippen LogP contribution in [0, 0.1) is 0 Å². The highest BCUT2D eigenvalue weighted by atomic mass is 35.5. The molecule has 1 aromatic carbocycles. The zero-order chi connectivity index (χ0) is 10.6. The van der Waals surface area contributed by atoms with E-state index >= 15 is 0 Å². The van der Waals surface area contributed by atoms with Gasteiger partial charge in [0.05, 0.1) is 0 Å². The number of benzene rings is 1. The Kier molecular flexibility index (Phi) is 4.29. The van der Waals surface area contributed by atoms with E-state index in [-0.39, 0.29) is 5.25 Å². The maximum Gasteiger partial charge on any atom is 0.316 e. The lowest BCUT2D eigenvalue weighted by Gasteiger charge is -2.08. The number of carboxylic acid groups (broad SMARTS) is 1. The van der Waals surface area contributed by atoms with Crippen LogP contribution in [0.1, 0.15) is 13.3 Å². The Bertz CT molecular complexity index is 310. The van der Waals surface area contributed by atoms with Gasteiger partial charge in [0.2, 0.25) is 0 Å². The first-order valence-electron chi connectivity index (χ1n) is 4.28. The summed E-state index contributed by atoms with van der Waals surface area (Å²) in [7, 11) is 0. The second-order valence-electron chi connectivity index (χ2n) is 2.81. The van der Waals surface area contributed by atoms with Gasteiger partial charge in [0.25, 0.3) is 0 Å². The average molecular weight is 231 g/mol. The lowest BCUT2D eigenvalue weighted by molar-refractivity contribution is -0.136. The Morgan fingerprint density at radius 2 is 2.07 bits per heavy atom. The van der Waals surface area contributed by atoms with Crippen molar-refractivity contribution in [2.24, 2.45) is 0 Å². The maximum atomic E-state index is 10.8. The third-order valence-electron chi connectivity index (χ3n) is 1.74. The largest absolute Gasteiger partial charge is 0.480 e. The lowest BCUT2D eigenvalue weighted by atomic mass is 10.3. The van der Waals surface area contributed by atoms with Crippen LogP contribution in [0.25, 0.3) is 0 Å². The Hall–Kier alpha value is -0.670. The van der Waals surface area contributed by atoms with Gasteiger partial charge in [0.1, 0.15) is 5.25 Å². The molecule has 0 radical (unpaired) electrons. The molecule has 0 unspecified atom stereocenters. The molecule has 0 amide bonds. The normalized spacial score (nSPS) is 12.4. The molecule has 0 saturated carbocycles. The van der Waals surface area contributed by atoms with Crippen LogP contribution in [0.4, 0.5) is 0 Å². The monoisotopic (exact) mass is 230 g/mol. The molecule has 0 aliphatic heterocycles. The van der Waals surface area contributed by atoms with Gasteiger partial charge >= 0.3 is 5.97 Å². The molecule has 0 aromatic heterocycles. The van der Waals surface area contributed by atoms with E-state index in [1.54, 1.807) is 12.1 Å². The molecule has 4 heteroatoms. The number of hydrogen-bond donors (Lipinski definition) is 1. The van der Waals surface area contributed by atoms with Crippen molar-refractivity contribution in [3.8, 4) is 0 Å². The summed E-state index contributed by atoms with van der Waals surface area (Å²) in [6, 6.07) is 7.19. The van der Waals surface area contributed by atoms with Gasteiger partial charge in [-0.3, -0.25) is 4.79 Å². The number of thioether (sulfide) groups is 1. The number of carboxylic acids is 1. The van der Waals surface area contributed by atoms with Gasteiger partial charge in [0, 0.05) is 9.92 Å². The summed E-state index contributed by atoms with van der Waals surface area (Å²) in [6.45, 7) is 1.86. The van der Waals surface area contributed by atoms with Crippen LogP contribution >= 0.6 is 23.4 Å². The second kappa shape index (κ2) is 5.27. The first-order chi connectivity index (χ1) is 6.63. The Labute approximate surface area is 92.3 Å². The summed E-state index contributed by atoms with van der Waals surface area (Å²) >= 11 is 7.07. The van der Waals surface area contributed by atoms with Crippen molar-refractivity contribution >= 4 is 29.3 Å². The summed E-state index contributed by atoms with van der Waals surface area (Å²) in [6.07, 6.45) is 0.614. The number of halogens is 1. The third kappa shape index (κ3) is 3.24. The Balaban J connectivity index is 2.67. The smallest absolute Gasteiger partial charge is 0.316 e. The van der Waals surface area contributed by atoms with E-state index in [4.69, 9.17) is 16.7 Å². The van der Waals surface area contributed by atoms with Gasteiger partial charge in [0.15, 0.2) is 0 Å². The van der Waals surface area contributed by atoms with E-state index in [9.17, 15) is 4.79 Å². The van der Waals surface area contributed by atoms with Crippen LogP contribution < -0.4 is 0 Å². The molecule has 0 bridgehead atoms. The number of carbonyl (C=O) groups is 1. The van der Waals surface area contributed by atoms with Crippen LogP contribution in [0.5, 0.6) is 0 Å². The highest BCUT2D eigenvalue weighted by Gasteiger charge is 2.15. The third-order valence-corrected chi connectivity index (χ3v) is 3.35. The van der Waals surface area contributed by atoms with Gasteiger partial charge in [-0.1, -0.05) is 18.5 Å². The minimum absolute atomic E-state index is 0.379. The quantitative estimate of drug-likeness (QED) is 0.807. The predicted molar refractivity (Wildman–Crippen MR) is 59.0 cm³/mol. The fraction of sp³-hybridized carbons (Fsp3) is 0.300. The zero-order valence-electron chi connectivity index (χ0n) is 7.74. The fourth-order valence-electron chi connectivity index (χ4n) is 0.986. The van der Waals surface area contributed by atoms with Crippen molar-refractivity contribution in [3.63, 3.8) is 0 Å². The number of hydrogen-bond acceptors (Lipinski definition) is 2. The van der Waals surface area contributed by atoms with Crippen molar-refractivity contribution in [1.82, 2.24) is 0 Å². The van der Waals surface area contributed by atoms with Crippen molar-refractivity contribution < 1.29 is 9.90 Å². The predicted octanol–water partition coefficient (Wildman–Crippen LogP) is 3.30. The number of rotatable bonds is 4. The molecule has 1 aromatic rings. The summed E-state index contributed by atoms with van der Waals surface area (Å²) in [4.78, 5) is 11.7. The molecule has 0 aliphatic rings. The second-order valence-corrected chi connectivity index (χ2v) is 4.52. The molecule has 0 spiro atoms. The fourth-order valence-corrected chi connectivity index (χ4v) is 2.00. The molecule has 2 nitrogen and oxygen atoms in total. The molecule has 0 aliphatic carbocycles.